The maximum Gasteiger partial charge on any atom is 0.409 e. The molecule has 0 radical (unpaired) electrons. The van der Waals surface area contributed by atoms with Crippen molar-refractivity contribution in [2.24, 2.45) is 5.73 Å². The Morgan fingerprint density at radius 2 is 1.58 bits per heavy atom. The van der Waals surface area contributed by atoms with Crippen LogP contribution in [-0.2, 0) is 23.1 Å². The molecule has 2 amide bonds. The van der Waals surface area contributed by atoms with Gasteiger partial charge in [0.2, 0.25) is 5.91 Å². The Labute approximate surface area is 155 Å². The first-order valence-corrected chi connectivity index (χ1v) is 10.9. The number of amides is 2. The lowest BCUT2D eigenvalue weighted by molar-refractivity contribution is -0.133. The minimum atomic E-state index is -3.38. The number of nitrogens with zero attached hydrogens (tertiary/aromatic N) is 2. The lowest BCUT2D eigenvalue weighted by atomic mass is 10.2. The average Bonchev–Trinajstić information content (AvgIpc) is 2.61. The van der Waals surface area contributed by atoms with Crippen molar-refractivity contribution in [1.82, 2.24) is 9.80 Å². The topological polar surface area (TPSA) is 111 Å². The van der Waals surface area contributed by atoms with Crippen LogP contribution in [0.2, 0.25) is 0 Å². The summed E-state index contributed by atoms with van der Waals surface area (Å²) in [4.78, 5) is 27.6. The van der Waals surface area contributed by atoms with Crippen molar-refractivity contribution in [2.75, 3.05) is 52.2 Å². The Morgan fingerprint density at radius 1 is 1.04 bits per heavy atom. The van der Waals surface area contributed by atoms with Gasteiger partial charge in [-0.15, -0.1) is 0 Å². The molecule has 1 rings (SSSR count). The van der Waals surface area contributed by atoms with Gasteiger partial charge in [0.05, 0.1) is 32.0 Å². The van der Waals surface area contributed by atoms with E-state index in [0.29, 0.717) is 32.8 Å². The van der Waals surface area contributed by atoms with Gasteiger partial charge < -0.3 is 29.3 Å². The summed E-state index contributed by atoms with van der Waals surface area (Å²) in [5.74, 6) is -0.316. The van der Waals surface area contributed by atoms with Gasteiger partial charge in [0, 0.05) is 26.2 Å². The van der Waals surface area contributed by atoms with Gasteiger partial charge >= 0.3 is 13.7 Å². The minimum Gasteiger partial charge on any atom is -0.449 e. The highest BCUT2D eigenvalue weighted by molar-refractivity contribution is 7.53. The summed E-state index contributed by atoms with van der Waals surface area (Å²) in [5, 5.41) is 0. The number of hydrogen-bond donors (Lipinski definition) is 1. The van der Waals surface area contributed by atoms with Crippen LogP contribution in [-0.4, -0.2) is 80.0 Å². The summed E-state index contributed by atoms with van der Waals surface area (Å²) in [6, 6.07) is -0.970. The smallest absolute Gasteiger partial charge is 0.409 e. The zero-order valence-corrected chi connectivity index (χ0v) is 16.9. The molecule has 1 fully saturated rings. The number of piperazine rings is 1. The molecule has 0 spiro atoms. The van der Waals surface area contributed by atoms with Gasteiger partial charge in [-0.2, -0.15) is 0 Å². The third-order valence-corrected chi connectivity index (χ3v) is 6.11. The second-order valence-electron chi connectivity index (χ2n) is 6.02. The second-order valence-corrected chi connectivity index (χ2v) is 8.12. The van der Waals surface area contributed by atoms with Crippen LogP contribution < -0.4 is 5.73 Å². The molecule has 1 saturated heterocycles. The SMILES string of the molecule is CCCCOC(=O)N1CCN(C(=O)[C@@H](N)CP(=O)(OCC)OCC)CC1. The number of rotatable bonds is 10. The molecule has 0 unspecified atom stereocenters. The van der Waals surface area contributed by atoms with E-state index < -0.39 is 13.6 Å². The van der Waals surface area contributed by atoms with Crippen LogP contribution in [0, 0.1) is 0 Å². The molecular weight excluding hydrogens is 361 g/mol. The van der Waals surface area contributed by atoms with Gasteiger partial charge in [-0.05, 0) is 20.3 Å². The maximum absolute atomic E-state index is 12.5. The first-order chi connectivity index (χ1) is 12.4. The third-order valence-electron chi connectivity index (χ3n) is 3.96. The highest BCUT2D eigenvalue weighted by Crippen LogP contribution is 2.48. The quantitative estimate of drug-likeness (QED) is 0.444. The Kier molecular flexibility index (Phi) is 10.2. The third kappa shape index (κ3) is 7.23. The molecule has 0 aliphatic carbocycles. The van der Waals surface area contributed by atoms with Gasteiger partial charge in [-0.1, -0.05) is 13.3 Å². The van der Waals surface area contributed by atoms with Crippen molar-refractivity contribution in [3.63, 3.8) is 0 Å². The van der Waals surface area contributed by atoms with Gasteiger partial charge in [0.1, 0.15) is 0 Å². The van der Waals surface area contributed by atoms with E-state index in [1.54, 1.807) is 23.6 Å². The van der Waals surface area contributed by atoms with Crippen molar-refractivity contribution < 1.29 is 27.9 Å². The number of hydrogen-bond acceptors (Lipinski definition) is 7. The van der Waals surface area contributed by atoms with Crippen LogP contribution in [0.25, 0.3) is 0 Å². The second kappa shape index (κ2) is 11.5. The normalized spacial score (nSPS) is 16.5. The van der Waals surface area contributed by atoms with Crippen LogP contribution in [0.3, 0.4) is 0 Å². The Bertz CT molecular complexity index is 486. The summed E-state index contributed by atoms with van der Waals surface area (Å²) < 4.78 is 28.1. The predicted molar refractivity (Wildman–Crippen MR) is 98.1 cm³/mol. The predicted octanol–water partition coefficient (Wildman–Crippen LogP) is 1.66. The van der Waals surface area contributed by atoms with E-state index in [-0.39, 0.29) is 31.4 Å². The molecule has 0 saturated carbocycles. The summed E-state index contributed by atoms with van der Waals surface area (Å²) >= 11 is 0. The van der Waals surface area contributed by atoms with E-state index in [1.807, 2.05) is 6.92 Å². The minimum absolute atomic E-state index is 0.160. The van der Waals surface area contributed by atoms with E-state index in [2.05, 4.69) is 0 Å². The Hall–Kier alpha value is -1.15. The largest absolute Gasteiger partial charge is 0.449 e. The maximum atomic E-state index is 12.5. The van der Waals surface area contributed by atoms with E-state index in [1.165, 1.54) is 0 Å². The molecule has 1 aliphatic rings. The number of ether oxygens (including phenoxy) is 1. The Balaban J connectivity index is 2.49. The summed E-state index contributed by atoms with van der Waals surface area (Å²) in [5.41, 5.74) is 5.94. The lowest BCUT2D eigenvalue weighted by Crippen LogP contribution is -2.55. The molecule has 1 atom stereocenters. The van der Waals surface area contributed by atoms with E-state index in [9.17, 15) is 14.2 Å². The van der Waals surface area contributed by atoms with Crippen LogP contribution in [0.1, 0.15) is 33.6 Å². The summed E-state index contributed by atoms with van der Waals surface area (Å²) in [6.07, 6.45) is 1.28. The summed E-state index contributed by atoms with van der Waals surface area (Å²) in [6.45, 7) is 7.78. The number of nitrogens with two attached hydrogens (primary N) is 1. The van der Waals surface area contributed by atoms with Crippen molar-refractivity contribution >= 4 is 19.6 Å². The van der Waals surface area contributed by atoms with E-state index >= 15 is 0 Å². The molecule has 0 aromatic carbocycles. The van der Waals surface area contributed by atoms with Gasteiger partial charge in [-0.25, -0.2) is 4.79 Å². The zero-order chi connectivity index (χ0) is 19.6. The molecule has 2 N–H and O–H groups in total. The molecular formula is C16H32N3O6P. The first kappa shape index (κ1) is 22.9. The fraction of sp³-hybridized carbons (Fsp3) is 0.875. The van der Waals surface area contributed by atoms with Crippen molar-refractivity contribution in [3.8, 4) is 0 Å². The van der Waals surface area contributed by atoms with Crippen LogP contribution in [0.5, 0.6) is 0 Å². The Morgan fingerprint density at radius 3 is 2.08 bits per heavy atom. The molecule has 152 valence electrons. The molecule has 26 heavy (non-hydrogen) atoms. The monoisotopic (exact) mass is 393 g/mol. The summed E-state index contributed by atoms with van der Waals surface area (Å²) in [7, 11) is -3.38. The van der Waals surface area contributed by atoms with Crippen molar-refractivity contribution in [2.45, 2.75) is 39.7 Å². The fourth-order valence-electron chi connectivity index (χ4n) is 2.59. The van der Waals surface area contributed by atoms with E-state index in [4.69, 9.17) is 19.5 Å². The van der Waals surface area contributed by atoms with Crippen LogP contribution in [0.4, 0.5) is 4.79 Å². The average molecular weight is 393 g/mol. The standard InChI is InChI=1S/C16H32N3O6P/c1-4-7-12-23-16(21)19-10-8-18(9-11-19)15(20)14(17)13-26(22,24-5-2)25-6-3/h14H,4-13,17H2,1-3H3/t14-/m0/s1. The fourth-order valence-corrected chi connectivity index (χ4v) is 4.30. The molecule has 9 nitrogen and oxygen atoms in total. The van der Waals surface area contributed by atoms with Gasteiger partial charge in [0.15, 0.2) is 0 Å². The molecule has 1 aliphatic heterocycles. The number of carbonyl (C=O) groups excluding carboxylic acids is 2. The molecule has 0 bridgehead atoms. The van der Waals surface area contributed by atoms with Crippen molar-refractivity contribution in [3.05, 3.63) is 0 Å². The molecule has 0 aromatic rings. The van der Waals surface area contributed by atoms with E-state index in [0.717, 1.165) is 12.8 Å². The number of carbonyl (C=O) groups is 2. The lowest BCUT2D eigenvalue weighted by Gasteiger charge is -2.35. The molecule has 1 heterocycles. The first-order valence-electron chi connectivity index (χ1n) is 9.21. The highest BCUT2D eigenvalue weighted by Gasteiger charge is 2.34. The molecule has 0 aromatic heterocycles. The highest BCUT2D eigenvalue weighted by atomic mass is 31.2. The van der Waals surface area contributed by atoms with Crippen LogP contribution >= 0.6 is 7.60 Å². The zero-order valence-electron chi connectivity index (χ0n) is 16.0. The molecule has 10 heteroatoms. The number of unbranched alkanes of at least 4 members (excludes halogenated alkanes) is 1. The van der Waals surface area contributed by atoms with Crippen molar-refractivity contribution in [1.29, 1.82) is 0 Å². The van der Waals surface area contributed by atoms with Gasteiger partial charge in [0.25, 0.3) is 0 Å². The van der Waals surface area contributed by atoms with Gasteiger partial charge in [-0.3, -0.25) is 9.36 Å². The van der Waals surface area contributed by atoms with Crippen LogP contribution in [0.15, 0.2) is 0 Å².